The van der Waals surface area contributed by atoms with Gasteiger partial charge in [-0.2, -0.15) is 0 Å². The minimum Gasteiger partial charge on any atom is -0.329 e. The van der Waals surface area contributed by atoms with E-state index in [1.54, 1.807) is 0 Å². The van der Waals surface area contributed by atoms with E-state index in [1.807, 2.05) is 12.1 Å². The molecule has 19 heavy (non-hydrogen) atoms. The summed E-state index contributed by atoms with van der Waals surface area (Å²) in [5.74, 6) is 0.269. The van der Waals surface area contributed by atoms with Crippen molar-refractivity contribution in [3.05, 3.63) is 35.4 Å². The zero-order valence-corrected chi connectivity index (χ0v) is 11.8. The molecule has 2 heteroatoms. The molecule has 2 aliphatic rings. The monoisotopic (exact) mass is 257 g/mol. The third kappa shape index (κ3) is 1.89. The third-order valence-electron chi connectivity index (χ3n) is 4.84. The van der Waals surface area contributed by atoms with Crippen LogP contribution in [0.4, 0.5) is 0 Å². The Balaban J connectivity index is 2.02. The van der Waals surface area contributed by atoms with Crippen LogP contribution >= 0.6 is 0 Å². The van der Waals surface area contributed by atoms with Crippen molar-refractivity contribution in [3.8, 4) is 0 Å². The summed E-state index contributed by atoms with van der Waals surface area (Å²) in [6.45, 7) is 3.12. The standard InChI is InChI=1S/C17H23NO/c1-2-3-13-18-16(19)14-9-5-6-10-15(14)17(18)11-7-4-8-12-17/h5-6,9-10H,2-4,7-8,11-13H2,1H3. The number of hydrogen-bond acceptors (Lipinski definition) is 1. The molecule has 0 bridgehead atoms. The molecule has 0 unspecified atom stereocenters. The van der Waals surface area contributed by atoms with Gasteiger partial charge in [0.25, 0.3) is 5.91 Å². The molecule has 1 aromatic rings. The summed E-state index contributed by atoms with van der Waals surface area (Å²) < 4.78 is 0. The number of fused-ring (bicyclic) bond motifs is 2. The highest BCUT2D eigenvalue weighted by atomic mass is 16.2. The van der Waals surface area contributed by atoms with E-state index in [9.17, 15) is 4.79 Å². The first kappa shape index (κ1) is 12.7. The van der Waals surface area contributed by atoms with E-state index < -0.39 is 0 Å². The van der Waals surface area contributed by atoms with E-state index in [1.165, 1.54) is 24.8 Å². The van der Waals surface area contributed by atoms with Gasteiger partial charge in [0.2, 0.25) is 0 Å². The normalized spacial score (nSPS) is 20.9. The number of carbonyl (C=O) groups excluding carboxylic acids is 1. The molecule has 102 valence electrons. The zero-order valence-electron chi connectivity index (χ0n) is 11.8. The van der Waals surface area contributed by atoms with Crippen LogP contribution in [0.25, 0.3) is 0 Å². The van der Waals surface area contributed by atoms with Gasteiger partial charge < -0.3 is 4.90 Å². The highest BCUT2D eigenvalue weighted by Gasteiger charge is 2.48. The molecule has 0 saturated heterocycles. The second-order valence-electron chi connectivity index (χ2n) is 5.95. The second-order valence-corrected chi connectivity index (χ2v) is 5.95. The molecule has 3 rings (SSSR count). The van der Waals surface area contributed by atoms with Crippen molar-refractivity contribution in [2.45, 2.75) is 57.4 Å². The highest BCUT2D eigenvalue weighted by molar-refractivity contribution is 6.00. The Morgan fingerprint density at radius 2 is 1.89 bits per heavy atom. The summed E-state index contributed by atoms with van der Waals surface area (Å²) in [6.07, 6.45) is 8.39. The average Bonchev–Trinajstić information content (AvgIpc) is 2.68. The summed E-state index contributed by atoms with van der Waals surface area (Å²) in [6, 6.07) is 8.28. The Labute approximate surface area is 115 Å². The van der Waals surface area contributed by atoms with Crippen molar-refractivity contribution in [1.29, 1.82) is 0 Å². The molecular formula is C17H23NO. The number of carbonyl (C=O) groups is 1. The molecule has 1 heterocycles. The Kier molecular flexibility index (Phi) is 3.34. The fourth-order valence-electron chi connectivity index (χ4n) is 3.87. The minimum absolute atomic E-state index is 0.0289. The lowest BCUT2D eigenvalue weighted by Gasteiger charge is -2.42. The predicted octanol–water partition coefficient (Wildman–Crippen LogP) is 4.10. The molecule has 1 aliphatic heterocycles. The van der Waals surface area contributed by atoms with Crippen LogP contribution in [0.2, 0.25) is 0 Å². The highest BCUT2D eigenvalue weighted by Crippen LogP contribution is 2.48. The number of hydrogen-bond donors (Lipinski definition) is 0. The van der Waals surface area contributed by atoms with Gasteiger partial charge in [0.15, 0.2) is 0 Å². The SMILES string of the molecule is CCCCN1C(=O)c2ccccc2C12CCCCC2. The van der Waals surface area contributed by atoms with Crippen LogP contribution in [-0.4, -0.2) is 17.4 Å². The lowest BCUT2D eigenvalue weighted by Crippen LogP contribution is -2.45. The van der Waals surface area contributed by atoms with Crippen molar-refractivity contribution >= 4 is 5.91 Å². The van der Waals surface area contributed by atoms with Crippen LogP contribution in [-0.2, 0) is 5.54 Å². The van der Waals surface area contributed by atoms with Gasteiger partial charge in [-0.3, -0.25) is 4.79 Å². The quantitative estimate of drug-likeness (QED) is 0.798. The van der Waals surface area contributed by atoms with E-state index in [-0.39, 0.29) is 11.4 Å². The van der Waals surface area contributed by atoms with Gasteiger partial charge in [-0.1, -0.05) is 50.8 Å². The molecule has 1 aromatic carbocycles. The van der Waals surface area contributed by atoms with Gasteiger partial charge in [0, 0.05) is 12.1 Å². The van der Waals surface area contributed by atoms with E-state index in [4.69, 9.17) is 0 Å². The van der Waals surface area contributed by atoms with Crippen molar-refractivity contribution in [2.75, 3.05) is 6.54 Å². The van der Waals surface area contributed by atoms with Crippen LogP contribution in [0, 0.1) is 0 Å². The lowest BCUT2D eigenvalue weighted by molar-refractivity contribution is 0.0416. The lowest BCUT2D eigenvalue weighted by atomic mass is 9.76. The molecule has 1 amide bonds. The molecule has 1 saturated carbocycles. The first-order valence-corrected chi connectivity index (χ1v) is 7.71. The van der Waals surface area contributed by atoms with Crippen molar-refractivity contribution in [3.63, 3.8) is 0 Å². The molecule has 0 radical (unpaired) electrons. The molecule has 0 atom stereocenters. The molecule has 1 aliphatic carbocycles. The van der Waals surface area contributed by atoms with Crippen molar-refractivity contribution < 1.29 is 4.79 Å². The van der Waals surface area contributed by atoms with Crippen LogP contribution in [0.15, 0.2) is 24.3 Å². The van der Waals surface area contributed by atoms with E-state index in [2.05, 4.69) is 24.0 Å². The number of nitrogens with zero attached hydrogens (tertiary/aromatic N) is 1. The number of amides is 1. The molecule has 0 N–H and O–H groups in total. The van der Waals surface area contributed by atoms with Gasteiger partial charge in [-0.15, -0.1) is 0 Å². The number of rotatable bonds is 3. The van der Waals surface area contributed by atoms with Crippen molar-refractivity contribution in [2.24, 2.45) is 0 Å². The maximum Gasteiger partial charge on any atom is 0.254 e. The van der Waals surface area contributed by atoms with Gasteiger partial charge in [0.05, 0.1) is 5.54 Å². The number of benzene rings is 1. The van der Waals surface area contributed by atoms with Gasteiger partial charge in [-0.25, -0.2) is 0 Å². The molecule has 2 nitrogen and oxygen atoms in total. The zero-order chi connectivity index (χ0) is 13.3. The van der Waals surface area contributed by atoms with Crippen molar-refractivity contribution in [1.82, 2.24) is 4.90 Å². The number of unbranched alkanes of at least 4 members (excludes halogenated alkanes) is 1. The maximum absolute atomic E-state index is 12.7. The summed E-state index contributed by atoms with van der Waals surface area (Å²) in [4.78, 5) is 14.9. The van der Waals surface area contributed by atoms with Crippen LogP contribution < -0.4 is 0 Å². The Morgan fingerprint density at radius 3 is 2.63 bits per heavy atom. The van der Waals surface area contributed by atoms with Gasteiger partial charge >= 0.3 is 0 Å². The van der Waals surface area contributed by atoms with E-state index in [0.717, 1.165) is 37.8 Å². The predicted molar refractivity (Wildman–Crippen MR) is 77.1 cm³/mol. The fraction of sp³-hybridized carbons (Fsp3) is 0.588. The molecule has 0 aromatic heterocycles. The Bertz CT molecular complexity index is 474. The molecule has 1 fully saturated rings. The first-order valence-electron chi connectivity index (χ1n) is 7.71. The van der Waals surface area contributed by atoms with Crippen LogP contribution in [0.1, 0.15) is 67.8 Å². The summed E-state index contributed by atoms with van der Waals surface area (Å²) >= 11 is 0. The van der Waals surface area contributed by atoms with E-state index >= 15 is 0 Å². The minimum atomic E-state index is 0.0289. The van der Waals surface area contributed by atoms with Crippen LogP contribution in [0.3, 0.4) is 0 Å². The van der Waals surface area contributed by atoms with Crippen LogP contribution in [0.5, 0.6) is 0 Å². The molecular weight excluding hydrogens is 234 g/mol. The Hall–Kier alpha value is -1.31. The first-order chi connectivity index (χ1) is 9.29. The second kappa shape index (κ2) is 4.99. The third-order valence-corrected chi connectivity index (χ3v) is 4.84. The summed E-state index contributed by atoms with van der Waals surface area (Å²) in [5, 5.41) is 0. The fourth-order valence-corrected chi connectivity index (χ4v) is 3.87. The summed E-state index contributed by atoms with van der Waals surface area (Å²) in [7, 11) is 0. The van der Waals surface area contributed by atoms with E-state index in [0.29, 0.717) is 0 Å². The van der Waals surface area contributed by atoms with Gasteiger partial charge in [0.1, 0.15) is 0 Å². The topological polar surface area (TPSA) is 20.3 Å². The average molecular weight is 257 g/mol. The van der Waals surface area contributed by atoms with Gasteiger partial charge in [-0.05, 0) is 30.9 Å². The Morgan fingerprint density at radius 1 is 1.16 bits per heavy atom. The molecule has 1 spiro atoms. The summed E-state index contributed by atoms with van der Waals surface area (Å²) in [5.41, 5.74) is 2.29. The largest absolute Gasteiger partial charge is 0.329 e. The smallest absolute Gasteiger partial charge is 0.254 e. The maximum atomic E-state index is 12.7.